The Balaban J connectivity index is 1.59. The predicted molar refractivity (Wildman–Crippen MR) is 108 cm³/mol. The number of rotatable bonds is 6. The monoisotopic (exact) mass is 359 g/mol. The standard InChI is InChI=1S/C23H25N3O/c1-2-9-21(10-3-1)27-22-11-6-7-19(17-22)23(26-15-13-24-14-16-26)18-20-8-4-5-12-25-20/h1-12,17,23-24H,13-16,18H2. The minimum Gasteiger partial charge on any atom is -0.457 e. The average molecular weight is 359 g/mol. The van der Waals surface area contributed by atoms with Crippen LogP contribution in [0.2, 0.25) is 0 Å². The van der Waals surface area contributed by atoms with Crippen molar-refractivity contribution in [1.29, 1.82) is 0 Å². The van der Waals surface area contributed by atoms with Crippen molar-refractivity contribution < 1.29 is 4.74 Å². The molecule has 3 aromatic rings. The molecular weight excluding hydrogens is 334 g/mol. The summed E-state index contributed by atoms with van der Waals surface area (Å²) in [4.78, 5) is 7.10. The first-order valence-electron chi connectivity index (χ1n) is 9.56. The summed E-state index contributed by atoms with van der Waals surface area (Å²) in [7, 11) is 0. The average Bonchev–Trinajstić information content (AvgIpc) is 2.74. The van der Waals surface area contributed by atoms with Crippen molar-refractivity contribution in [2.24, 2.45) is 0 Å². The van der Waals surface area contributed by atoms with E-state index >= 15 is 0 Å². The third-order valence-electron chi connectivity index (χ3n) is 4.94. The van der Waals surface area contributed by atoms with Gasteiger partial charge < -0.3 is 10.1 Å². The van der Waals surface area contributed by atoms with E-state index in [0.29, 0.717) is 6.04 Å². The summed E-state index contributed by atoms with van der Waals surface area (Å²) in [6.07, 6.45) is 2.77. The molecule has 1 aliphatic rings. The van der Waals surface area contributed by atoms with Gasteiger partial charge in [0.15, 0.2) is 0 Å². The molecule has 1 aromatic heterocycles. The first-order chi connectivity index (χ1) is 13.4. The van der Waals surface area contributed by atoms with Crippen LogP contribution < -0.4 is 10.1 Å². The number of nitrogens with zero attached hydrogens (tertiary/aromatic N) is 2. The maximum absolute atomic E-state index is 6.06. The van der Waals surface area contributed by atoms with Gasteiger partial charge in [0, 0.05) is 50.5 Å². The topological polar surface area (TPSA) is 37.4 Å². The zero-order chi connectivity index (χ0) is 18.3. The van der Waals surface area contributed by atoms with Gasteiger partial charge in [-0.25, -0.2) is 0 Å². The third-order valence-corrected chi connectivity index (χ3v) is 4.94. The second kappa shape index (κ2) is 8.80. The van der Waals surface area contributed by atoms with Crippen molar-refractivity contribution >= 4 is 0 Å². The van der Waals surface area contributed by atoms with E-state index in [9.17, 15) is 0 Å². The summed E-state index contributed by atoms with van der Waals surface area (Å²) in [6.45, 7) is 4.14. The van der Waals surface area contributed by atoms with E-state index in [1.807, 2.05) is 48.7 Å². The largest absolute Gasteiger partial charge is 0.457 e. The summed E-state index contributed by atoms with van der Waals surface area (Å²) in [5, 5.41) is 3.45. The van der Waals surface area contributed by atoms with Gasteiger partial charge >= 0.3 is 0 Å². The van der Waals surface area contributed by atoms with E-state index in [4.69, 9.17) is 4.74 Å². The Morgan fingerprint density at radius 2 is 1.67 bits per heavy atom. The number of ether oxygens (including phenoxy) is 1. The summed E-state index contributed by atoms with van der Waals surface area (Å²) in [5.74, 6) is 1.73. The van der Waals surface area contributed by atoms with Gasteiger partial charge in [0.1, 0.15) is 11.5 Å². The molecule has 0 saturated carbocycles. The van der Waals surface area contributed by atoms with Crippen molar-refractivity contribution in [3.8, 4) is 11.5 Å². The van der Waals surface area contributed by atoms with Crippen molar-refractivity contribution in [3.63, 3.8) is 0 Å². The lowest BCUT2D eigenvalue weighted by Crippen LogP contribution is -2.45. The molecule has 0 radical (unpaired) electrons. The Bertz CT molecular complexity index is 833. The molecule has 0 amide bonds. The van der Waals surface area contributed by atoms with Gasteiger partial charge in [0.2, 0.25) is 0 Å². The van der Waals surface area contributed by atoms with Gasteiger partial charge in [0.25, 0.3) is 0 Å². The lowest BCUT2D eigenvalue weighted by Gasteiger charge is -2.35. The van der Waals surface area contributed by atoms with Crippen LogP contribution >= 0.6 is 0 Å². The molecule has 2 aromatic carbocycles. The summed E-state index contributed by atoms with van der Waals surface area (Å²) in [6, 6.07) is 24.8. The summed E-state index contributed by atoms with van der Waals surface area (Å²) < 4.78 is 6.06. The van der Waals surface area contributed by atoms with Gasteiger partial charge in [-0.05, 0) is 42.0 Å². The van der Waals surface area contributed by atoms with Crippen LogP contribution in [0.3, 0.4) is 0 Å². The highest BCUT2D eigenvalue weighted by molar-refractivity contribution is 5.35. The Labute approximate surface area is 160 Å². The van der Waals surface area contributed by atoms with Crippen LogP contribution in [0, 0.1) is 0 Å². The molecule has 4 nitrogen and oxygen atoms in total. The highest BCUT2D eigenvalue weighted by Crippen LogP contribution is 2.29. The Morgan fingerprint density at radius 3 is 2.44 bits per heavy atom. The maximum Gasteiger partial charge on any atom is 0.127 e. The molecule has 0 aliphatic carbocycles. The Hall–Kier alpha value is -2.69. The van der Waals surface area contributed by atoms with Crippen LogP contribution in [0.1, 0.15) is 17.3 Å². The number of hydrogen-bond acceptors (Lipinski definition) is 4. The number of aromatic nitrogens is 1. The van der Waals surface area contributed by atoms with Crippen LogP contribution in [0.25, 0.3) is 0 Å². The van der Waals surface area contributed by atoms with Crippen molar-refractivity contribution in [2.75, 3.05) is 26.2 Å². The molecule has 0 bridgehead atoms. The smallest absolute Gasteiger partial charge is 0.127 e. The zero-order valence-corrected chi connectivity index (χ0v) is 15.4. The summed E-state index contributed by atoms with van der Waals surface area (Å²) in [5.41, 5.74) is 2.39. The van der Waals surface area contributed by atoms with Crippen LogP contribution in [-0.4, -0.2) is 36.1 Å². The van der Waals surface area contributed by atoms with Crippen LogP contribution in [0.4, 0.5) is 0 Å². The zero-order valence-electron chi connectivity index (χ0n) is 15.4. The van der Waals surface area contributed by atoms with Gasteiger partial charge in [-0.2, -0.15) is 0 Å². The molecule has 1 aliphatic heterocycles. The highest BCUT2D eigenvalue weighted by atomic mass is 16.5. The molecule has 1 unspecified atom stereocenters. The molecule has 1 atom stereocenters. The van der Waals surface area contributed by atoms with Crippen LogP contribution in [0.5, 0.6) is 11.5 Å². The summed E-state index contributed by atoms with van der Waals surface area (Å²) >= 11 is 0. The quantitative estimate of drug-likeness (QED) is 0.720. The molecule has 2 heterocycles. The van der Waals surface area contributed by atoms with E-state index in [0.717, 1.165) is 49.8 Å². The molecule has 1 saturated heterocycles. The number of benzene rings is 2. The fourth-order valence-corrected chi connectivity index (χ4v) is 3.58. The third kappa shape index (κ3) is 4.73. The molecular formula is C23H25N3O. The lowest BCUT2D eigenvalue weighted by molar-refractivity contribution is 0.171. The van der Waals surface area contributed by atoms with Crippen molar-refractivity contribution in [3.05, 3.63) is 90.3 Å². The van der Waals surface area contributed by atoms with Crippen LogP contribution in [-0.2, 0) is 6.42 Å². The van der Waals surface area contributed by atoms with Gasteiger partial charge in [-0.1, -0.05) is 36.4 Å². The highest BCUT2D eigenvalue weighted by Gasteiger charge is 2.23. The maximum atomic E-state index is 6.06. The van der Waals surface area contributed by atoms with E-state index in [1.54, 1.807) is 0 Å². The first-order valence-corrected chi connectivity index (χ1v) is 9.56. The number of piperazine rings is 1. The molecule has 4 rings (SSSR count). The van der Waals surface area contributed by atoms with Crippen LogP contribution in [0.15, 0.2) is 79.0 Å². The minimum atomic E-state index is 0.293. The second-order valence-electron chi connectivity index (χ2n) is 6.81. The fraction of sp³-hybridized carbons (Fsp3) is 0.261. The van der Waals surface area contributed by atoms with E-state index in [2.05, 4.69) is 45.5 Å². The Morgan fingerprint density at radius 1 is 0.889 bits per heavy atom. The fourth-order valence-electron chi connectivity index (χ4n) is 3.58. The van der Waals surface area contributed by atoms with Crippen molar-refractivity contribution in [2.45, 2.75) is 12.5 Å². The molecule has 1 N–H and O–H groups in total. The number of pyridine rings is 1. The second-order valence-corrected chi connectivity index (χ2v) is 6.81. The minimum absolute atomic E-state index is 0.293. The van der Waals surface area contributed by atoms with E-state index < -0.39 is 0 Å². The predicted octanol–water partition coefficient (Wildman–Crippen LogP) is 4.06. The molecule has 1 fully saturated rings. The lowest BCUT2D eigenvalue weighted by atomic mass is 9.99. The van der Waals surface area contributed by atoms with Gasteiger partial charge in [-0.15, -0.1) is 0 Å². The van der Waals surface area contributed by atoms with E-state index in [-0.39, 0.29) is 0 Å². The first kappa shape index (κ1) is 17.7. The number of para-hydroxylation sites is 1. The Kier molecular flexibility index (Phi) is 5.77. The molecule has 27 heavy (non-hydrogen) atoms. The van der Waals surface area contributed by atoms with Crippen molar-refractivity contribution in [1.82, 2.24) is 15.2 Å². The molecule has 4 heteroatoms. The number of hydrogen-bond donors (Lipinski definition) is 1. The normalized spacial score (nSPS) is 16.0. The van der Waals surface area contributed by atoms with Gasteiger partial charge in [-0.3, -0.25) is 9.88 Å². The molecule has 0 spiro atoms. The number of nitrogens with one attached hydrogen (secondary N) is 1. The van der Waals surface area contributed by atoms with E-state index in [1.165, 1.54) is 5.56 Å². The SMILES string of the molecule is c1ccc(Oc2cccc(C(Cc3ccccn3)N3CCNCC3)c2)cc1. The molecule has 138 valence electrons. The van der Waals surface area contributed by atoms with Gasteiger partial charge in [0.05, 0.1) is 0 Å².